The second-order valence-corrected chi connectivity index (χ2v) is 3.15. The largest absolute Gasteiger partial charge is 0.461 e. The molecular formula is C11H12FNO3. The molecule has 1 aromatic carbocycles. The number of benzene rings is 1. The van der Waals surface area contributed by atoms with Crippen molar-refractivity contribution >= 4 is 11.7 Å². The summed E-state index contributed by atoms with van der Waals surface area (Å²) in [5, 5.41) is 11.5. The molecule has 86 valence electrons. The van der Waals surface area contributed by atoms with Gasteiger partial charge in [-0.3, -0.25) is 0 Å². The fraction of sp³-hybridized carbons (Fsp3) is 0.273. The number of esters is 1. The molecule has 0 spiro atoms. The zero-order chi connectivity index (χ0) is 12.1. The van der Waals surface area contributed by atoms with E-state index in [0.29, 0.717) is 0 Å². The van der Waals surface area contributed by atoms with Gasteiger partial charge in [-0.25, -0.2) is 9.18 Å². The summed E-state index contributed by atoms with van der Waals surface area (Å²) in [7, 11) is 0. The zero-order valence-electron chi connectivity index (χ0n) is 9.03. The monoisotopic (exact) mass is 225 g/mol. The summed E-state index contributed by atoms with van der Waals surface area (Å²) in [5.74, 6) is -1.49. The number of rotatable bonds is 3. The lowest BCUT2D eigenvalue weighted by molar-refractivity contribution is -0.135. The highest BCUT2D eigenvalue weighted by molar-refractivity contribution is 6.43. The molecule has 16 heavy (non-hydrogen) atoms. The maximum absolute atomic E-state index is 13.4. The molecule has 0 radical (unpaired) electrons. The number of hydrogen-bond donors (Lipinski definition) is 1. The SMILES string of the molecule is CCOC(=O)/C(=N/O)c1cc(C)ccc1F. The van der Waals surface area contributed by atoms with Crippen molar-refractivity contribution in [2.24, 2.45) is 5.16 Å². The smallest absolute Gasteiger partial charge is 0.361 e. The van der Waals surface area contributed by atoms with Gasteiger partial charge in [-0.2, -0.15) is 0 Å². The molecule has 1 rings (SSSR count). The molecule has 0 aromatic heterocycles. The first kappa shape index (κ1) is 12.2. The van der Waals surface area contributed by atoms with Crippen molar-refractivity contribution in [3.63, 3.8) is 0 Å². The third-order valence-corrected chi connectivity index (χ3v) is 1.95. The summed E-state index contributed by atoms with van der Waals surface area (Å²) in [6.07, 6.45) is 0. The van der Waals surface area contributed by atoms with Crippen molar-refractivity contribution in [2.75, 3.05) is 6.61 Å². The normalized spacial score (nSPS) is 11.3. The van der Waals surface area contributed by atoms with Crippen molar-refractivity contribution < 1.29 is 19.1 Å². The summed E-state index contributed by atoms with van der Waals surface area (Å²) < 4.78 is 18.1. The Morgan fingerprint density at radius 3 is 2.81 bits per heavy atom. The first-order valence-electron chi connectivity index (χ1n) is 4.75. The van der Waals surface area contributed by atoms with Gasteiger partial charge in [0, 0.05) is 5.56 Å². The number of carbonyl (C=O) groups is 1. The lowest BCUT2D eigenvalue weighted by Gasteiger charge is -2.06. The molecule has 0 atom stereocenters. The predicted molar refractivity (Wildman–Crippen MR) is 56.1 cm³/mol. The number of halogens is 1. The van der Waals surface area contributed by atoms with E-state index in [1.807, 2.05) is 0 Å². The van der Waals surface area contributed by atoms with E-state index in [1.165, 1.54) is 12.1 Å². The molecule has 0 aliphatic rings. The van der Waals surface area contributed by atoms with Gasteiger partial charge in [0.2, 0.25) is 0 Å². The van der Waals surface area contributed by atoms with Crippen LogP contribution in [0.5, 0.6) is 0 Å². The standard InChI is InChI=1S/C11H12FNO3/c1-3-16-11(14)10(13-15)8-6-7(2)4-5-9(8)12/h4-6,15H,3H2,1-2H3/b13-10+. The van der Waals surface area contributed by atoms with E-state index >= 15 is 0 Å². The van der Waals surface area contributed by atoms with Crippen molar-refractivity contribution in [3.8, 4) is 0 Å². The van der Waals surface area contributed by atoms with Crippen LogP contribution < -0.4 is 0 Å². The van der Waals surface area contributed by atoms with Crippen LogP contribution in [0.15, 0.2) is 23.4 Å². The molecule has 5 heteroatoms. The molecule has 0 bridgehead atoms. The van der Waals surface area contributed by atoms with E-state index in [2.05, 4.69) is 9.89 Å². The maximum Gasteiger partial charge on any atom is 0.361 e. The van der Waals surface area contributed by atoms with E-state index in [0.717, 1.165) is 5.56 Å². The summed E-state index contributed by atoms with van der Waals surface area (Å²) in [5.41, 5.74) is 0.255. The number of carbonyl (C=O) groups excluding carboxylic acids is 1. The average molecular weight is 225 g/mol. The lowest BCUT2D eigenvalue weighted by atomic mass is 10.1. The molecule has 0 heterocycles. The molecule has 0 amide bonds. The van der Waals surface area contributed by atoms with Crippen LogP contribution in [0.25, 0.3) is 0 Å². The van der Waals surface area contributed by atoms with Gasteiger partial charge >= 0.3 is 5.97 Å². The van der Waals surface area contributed by atoms with Crippen molar-refractivity contribution in [1.82, 2.24) is 0 Å². The number of oxime groups is 1. The van der Waals surface area contributed by atoms with Crippen molar-refractivity contribution in [3.05, 3.63) is 35.1 Å². The van der Waals surface area contributed by atoms with E-state index in [-0.39, 0.29) is 12.2 Å². The Hall–Kier alpha value is -1.91. The number of aryl methyl sites for hydroxylation is 1. The topological polar surface area (TPSA) is 58.9 Å². The molecular weight excluding hydrogens is 213 g/mol. The second-order valence-electron chi connectivity index (χ2n) is 3.15. The lowest BCUT2D eigenvalue weighted by Crippen LogP contribution is -2.20. The minimum absolute atomic E-state index is 0.0686. The van der Waals surface area contributed by atoms with Crippen LogP contribution in [0.4, 0.5) is 4.39 Å². The highest BCUT2D eigenvalue weighted by Gasteiger charge is 2.19. The third kappa shape index (κ3) is 2.56. The molecule has 0 aliphatic carbocycles. The number of hydrogen-bond acceptors (Lipinski definition) is 4. The quantitative estimate of drug-likeness (QED) is 0.370. The van der Waals surface area contributed by atoms with Crippen LogP contribution in [-0.4, -0.2) is 23.5 Å². The van der Waals surface area contributed by atoms with Gasteiger partial charge < -0.3 is 9.94 Å². The molecule has 1 aromatic rings. The van der Waals surface area contributed by atoms with Crippen LogP contribution in [0.2, 0.25) is 0 Å². The molecule has 0 aliphatic heterocycles. The van der Waals surface area contributed by atoms with Crippen molar-refractivity contribution in [1.29, 1.82) is 0 Å². The molecule has 1 N–H and O–H groups in total. The zero-order valence-corrected chi connectivity index (χ0v) is 9.03. The van der Waals surface area contributed by atoms with Gasteiger partial charge in [0.1, 0.15) is 5.82 Å². The summed E-state index contributed by atoms with van der Waals surface area (Å²) in [6, 6.07) is 4.18. The van der Waals surface area contributed by atoms with Crippen LogP contribution in [-0.2, 0) is 9.53 Å². The minimum Gasteiger partial charge on any atom is -0.461 e. The van der Waals surface area contributed by atoms with E-state index in [9.17, 15) is 9.18 Å². The molecule has 0 fully saturated rings. The van der Waals surface area contributed by atoms with Gasteiger partial charge in [-0.1, -0.05) is 16.8 Å². The Morgan fingerprint density at radius 2 is 2.25 bits per heavy atom. The van der Waals surface area contributed by atoms with E-state index < -0.39 is 17.5 Å². The first-order valence-corrected chi connectivity index (χ1v) is 4.75. The molecule has 0 saturated heterocycles. The highest BCUT2D eigenvalue weighted by Crippen LogP contribution is 2.12. The van der Waals surface area contributed by atoms with Gasteiger partial charge in [0.15, 0.2) is 5.71 Å². The highest BCUT2D eigenvalue weighted by atomic mass is 19.1. The third-order valence-electron chi connectivity index (χ3n) is 1.95. The Balaban J connectivity index is 3.14. The van der Waals surface area contributed by atoms with Crippen LogP contribution >= 0.6 is 0 Å². The van der Waals surface area contributed by atoms with Gasteiger partial charge in [0.25, 0.3) is 0 Å². The van der Waals surface area contributed by atoms with Crippen LogP contribution in [0, 0.1) is 12.7 Å². The molecule has 0 saturated carbocycles. The van der Waals surface area contributed by atoms with Gasteiger partial charge in [-0.05, 0) is 26.0 Å². The number of nitrogens with zero attached hydrogens (tertiary/aromatic N) is 1. The fourth-order valence-electron chi connectivity index (χ4n) is 1.22. The Labute approximate surface area is 92.3 Å². The second kappa shape index (κ2) is 5.25. The van der Waals surface area contributed by atoms with E-state index in [4.69, 9.17) is 5.21 Å². The molecule has 4 nitrogen and oxygen atoms in total. The number of ether oxygens (including phenoxy) is 1. The van der Waals surface area contributed by atoms with Gasteiger partial charge in [0.05, 0.1) is 6.61 Å². The summed E-state index contributed by atoms with van der Waals surface area (Å²) in [4.78, 5) is 11.4. The average Bonchev–Trinajstić information content (AvgIpc) is 2.24. The van der Waals surface area contributed by atoms with E-state index in [1.54, 1.807) is 19.9 Å². The fourth-order valence-corrected chi connectivity index (χ4v) is 1.22. The summed E-state index contributed by atoms with van der Waals surface area (Å²) >= 11 is 0. The van der Waals surface area contributed by atoms with Gasteiger partial charge in [-0.15, -0.1) is 0 Å². The summed E-state index contributed by atoms with van der Waals surface area (Å²) in [6.45, 7) is 3.48. The Bertz CT molecular complexity index is 429. The maximum atomic E-state index is 13.4. The predicted octanol–water partition coefficient (Wildman–Crippen LogP) is 1.88. The minimum atomic E-state index is -0.852. The first-order chi connectivity index (χ1) is 7.60. The molecule has 0 unspecified atom stereocenters. The Morgan fingerprint density at radius 1 is 1.56 bits per heavy atom. The van der Waals surface area contributed by atoms with Crippen LogP contribution in [0.1, 0.15) is 18.1 Å². The van der Waals surface area contributed by atoms with Crippen molar-refractivity contribution in [2.45, 2.75) is 13.8 Å². The van der Waals surface area contributed by atoms with Crippen LogP contribution in [0.3, 0.4) is 0 Å². The Kier molecular flexibility index (Phi) is 3.99.